The second-order valence-corrected chi connectivity index (χ2v) is 15.8. The summed E-state index contributed by atoms with van der Waals surface area (Å²) >= 11 is 0. The van der Waals surface area contributed by atoms with E-state index in [9.17, 15) is 14.4 Å². The number of ether oxygens (including phenoxy) is 1. The van der Waals surface area contributed by atoms with Gasteiger partial charge in [-0.3, -0.25) is 19.2 Å². The molecule has 0 aliphatic heterocycles. The van der Waals surface area contributed by atoms with Gasteiger partial charge in [0.05, 0.1) is 7.11 Å². The molecule has 1 N–H and O–H groups in total. The normalized spacial score (nSPS) is 48.4. The number of esters is 1. The van der Waals surface area contributed by atoms with Crippen molar-refractivity contribution in [2.45, 2.75) is 119 Å². The van der Waals surface area contributed by atoms with Crippen molar-refractivity contribution in [3.8, 4) is 0 Å². The van der Waals surface area contributed by atoms with Gasteiger partial charge in [-0.1, -0.05) is 54.0 Å². The lowest BCUT2D eigenvalue weighted by molar-refractivity contribution is -0.210. The summed E-state index contributed by atoms with van der Waals surface area (Å²) in [6.45, 7) is 17.7. The van der Waals surface area contributed by atoms with Crippen LogP contribution in [0.5, 0.6) is 0 Å². The van der Waals surface area contributed by atoms with Crippen LogP contribution in [0.1, 0.15) is 113 Å². The first-order chi connectivity index (χ1) is 18.0. The number of amides is 1. The summed E-state index contributed by atoms with van der Waals surface area (Å²) in [6, 6.07) is 0. The van der Waals surface area contributed by atoms with E-state index in [-0.39, 0.29) is 62.7 Å². The Morgan fingerprint density at radius 3 is 2.23 bits per heavy atom. The number of hydrogen-bond donors (Lipinski definition) is 1. The van der Waals surface area contributed by atoms with Crippen molar-refractivity contribution < 1.29 is 24.0 Å². The number of allylic oxidation sites excluding steroid dienone is 2. The van der Waals surface area contributed by atoms with Crippen molar-refractivity contribution in [3.05, 3.63) is 11.6 Å². The summed E-state index contributed by atoms with van der Waals surface area (Å²) in [5, 5.41) is 0. The zero-order valence-electron chi connectivity index (χ0n) is 25.8. The van der Waals surface area contributed by atoms with Gasteiger partial charge >= 0.3 is 5.97 Å². The first-order valence-corrected chi connectivity index (χ1v) is 15.3. The molecule has 4 saturated carbocycles. The first kappa shape index (κ1) is 28.8. The average Bonchev–Trinajstić information content (AvgIpc) is 2.83. The Hall–Kier alpha value is -1.69. The molecule has 0 aromatic rings. The Balaban J connectivity index is 1.56. The summed E-state index contributed by atoms with van der Waals surface area (Å²) in [6.07, 6.45) is 10.5. The maximum absolute atomic E-state index is 14.5. The topological polar surface area (TPSA) is 81.7 Å². The fourth-order valence-corrected chi connectivity index (χ4v) is 11.0. The lowest BCUT2D eigenvalue weighted by Crippen LogP contribution is -2.66. The van der Waals surface area contributed by atoms with Gasteiger partial charge in [-0.2, -0.15) is 0 Å². The Morgan fingerprint density at radius 2 is 1.59 bits per heavy atom. The van der Waals surface area contributed by atoms with Crippen LogP contribution < -0.4 is 5.48 Å². The molecular weight excluding hydrogens is 490 g/mol. The van der Waals surface area contributed by atoms with Gasteiger partial charge in [0.1, 0.15) is 6.10 Å². The lowest BCUT2D eigenvalue weighted by Gasteiger charge is -2.70. The highest BCUT2D eigenvalue weighted by Crippen LogP contribution is 2.75. The number of hydrogen-bond acceptors (Lipinski definition) is 5. The van der Waals surface area contributed by atoms with Gasteiger partial charge in [0.2, 0.25) is 5.91 Å². The van der Waals surface area contributed by atoms with Crippen LogP contribution in [0.2, 0.25) is 0 Å². The lowest BCUT2D eigenvalue weighted by atomic mass is 9.33. The van der Waals surface area contributed by atoms with Gasteiger partial charge in [-0.25, -0.2) is 5.48 Å². The molecule has 5 aliphatic rings. The SMILES string of the molecule is CONC(=O)[C@@]1(C)CC[C@]2(C)CC[C@]3(C)C(=CC(=O)[C@@H]4[C@@]5(C)CC[C@H](OC(C)=O)C(C)(C)C5CC[C@]43C)[C@@H]2C1. The first-order valence-electron chi connectivity index (χ1n) is 15.3. The Kier molecular flexibility index (Phi) is 6.58. The molecule has 218 valence electrons. The van der Waals surface area contributed by atoms with Gasteiger partial charge in [-0.15, -0.1) is 0 Å². The van der Waals surface area contributed by atoms with E-state index >= 15 is 0 Å². The maximum Gasteiger partial charge on any atom is 0.302 e. The second kappa shape index (κ2) is 8.90. The number of carbonyl (C=O) groups is 3. The van der Waals surface area contributed by atoms with Crippen LogP contribution in [0.4, 0.5) is 0 Å². The molecule has 39 heavy (non-hydrogen) atoms. The molecule has 5 aliphatic carbocycles. The minimum atomic E-state index is -0.511. The standard InChI is InChI=1S/C33H51NO5/c1-20(35)39-25-11-12-31(6)24(28(25,2)3)10-13-33(8)26(31)23(36)18-21-22-19-30(5,27(37)34-38-9)15-14-29(22,4)16-17-32(21,33)7/h18,22,24-26H,10-17,19H2,1-9H3,(H,34,37)/t22-,24?,25-,26+,29+,30-,31-,32+,33+/m0/s1. The van der Waals surface area contributed by atoms with Crippen LogP contribution in [0.15, 0.2) is 11.6 Å². The number of carbonyl (C=O) groups excluding carboxylic acids is 3. The van der Waals surface area contributed by atoms with E-state index in [1.165, 1.54) is 19.6 Å². The van der Waals surface area contributed by atoms with Crippen LogP contribution in [-0.4, -0.2) is 30.9 Å². The summed E-state index contributed by atoms with van der Waals surface area (Å²) in [5.41, 5.74) is 2.95. The molecule has 0 bridgehead atoms. The van der Waals surface area contributed by atoms with Crippen LogP contribution >= 0.6 is 0 Å². The van der Waals surface area contributed by atoms with Crippen LogP contribution in [0.25, 0.3) is 0 Å². The molecule has 0 saturated heterocycles. The van der Waals surface area contributed by atoms with E-state index < -0.39 is 5.41 Å². The highest BCUT2D eigenvalue weighted by molar-refractivity contribution is 5.95. The summed E-state index contributed by atoms with van der Waals surface area (Å²) < 4.78 is 5.84. The van der Waals surface area contributed by atoms with Crippen LogP contribution in [0, 0.1) is 50.2 Å². The Bertz CT molecular complexity index is 1110. The molecule has 0 aromatic carbocycles. The average molecular weight is 542 g/mol. The van der Waals surface area contributed by atoms with Crippen molar-refractivity contribution in [1.29, 1.82) is 0 Å². The minimum Gasteiger partial charge on any atom is -0.462 e. The number of hydroxylamine groups is 1. The molecular formula is C33H51NO5. The monoisotopic (exact) mass is 541 g/mol. The summed E-state index contributed by atoms with van der Waals surface area (Å²) in [5.74, 6) is 0.498. The van der Waals surface area contributed by atoms with Crippen molar-refractivity contribution in [2.75, 3.05) is 7.11 Å². The molecule has 4 fully saturated rings. The van der Waals surface area contributed by atoms with Crippen molar-refractivity contribution in [3.63, 3.8) is 0 Å². The van der Waals surface area contributed by atoms with E-state index in [1.54, 1.807) is 0 Å². The zero-order chi connectivity index (χ0) is 28.8. The Morgan fingerprint density at radius 1 is 0.923 bits per heavy atom. The molecule has 6 nitrogen and oxygen atoms in total. The molecule has 5 rings (SSSR count). The van der Waals surface area contributed by atoms with Gasteiger partial charge in [0, 0.05) is 23.7 Å². The molecule has 1 amide bonds. The molecule has 9 atom stereocenters. The third-order valence-electron chi connectivity index (χ3n) is 13.6. The second-order valence-electron chi connectivity index (χ2n) is 15.8. The number of ketones is 1. The van der Waals surface area contributed by atoms with E-state index in [0.29, 0.717) is 5.92 Å². The van der Waals surface area contributed by atoms with Gasteiger partial charge in [0.25, 0.3) is 0 Å². The predicted octanol–water partition coefficient (Wildman–Crippen LogP) is 6.58. The van der Waals surface area contributed by atoms with Gasteiger partial charge < -0.3 is 4.74 Å². The quantitative estimate of drug-likeness (QED) is 0.323. The van der Waals surface area contributed by atoms with E-state index in [4.69, 9.17) is 9.57 Å². The fraction of sp³-hybridized carbons (Fsp3) is 0.848. The highest BCUT2D eigenvalue weighted by atomic mass is 16.6. The van der Waals surface area contributed by atoms with Gasteiger partial charge in [-0.05, 0) is 97.4 Å². The zero-order valence-corrected chi connectivity index (χ0v) is 25.8. The van der Waals surface area contributed by atoms with E-state index in [2.05, 4.69) is 60.0 Å². The highest BCUT2D eigenvalue weighted by Gasteiger charge is 2.70. The van der Waals surface area contributed by atoms with Crippen molar-refractivity contribution >= 4 is 17.7 Å². The smallest absolute Gasteiger partial charge is 0.302 e. The van der Waals surface area contributed by atoms with Crippen molar-refractivity contribution in [1.82, 2.24) is 5.48 Å². The number of fused-ring (bicyclic) bond motifs is 7. The number of nitrogens with one attached hydrogen (secondary N) is 1. The third kappa shape index (κ3) is 3.85. The predicted molar refractivity (Wildman–Crippen MR) is 150 cm³/mol. The molecule has 0 spiro atoms. The molecule has 0 aromatic heterocycles. The molecule has 1 unspecified atom stereocenters. The van der Waals surface area contributed by atoms with Gasteiger partial charge in [0.15, 0.2) is 5.78 Å². The fourth-order valence-electron chi connectivity index (χ4n) is 11.0. The molecule has 0 heterocycles. The van der Waals surface area contributed by atoms with Crippen LogP contribution in [-0.2, 0) is 24.0 Å². The summed E-state index contributed by atoms with van der Waals surface area (Å²) in [7, 11) is 1.49. The van der Waals surface area contributed by atoms with Crippen molar-refractivity contribution in [2.24, 2.45) is 50.2 Å². The number of rotatable bonds is 3. The third-order valence-corrected chi connectivity index (χ3v) is 13.6. The van der Waals surface area contributed by atoms with E-state index in [0.717, 1.165) is 57.8 Å². The van der Waals surface area contributed by atoms with Crippen LogP contribution in [0.3, 0.4) is 0 Å². The summed E-state index contributed by atoms with van der Waals surface area (Å²) in [4.78, 5) is 44.5. The minimum absolute atomic E-state index is 0.0498. The maximum atomic E-state index is 14.5. The molecule has 0 radical (unpaired) electrons. The largest absolute Gasteiger partial charge is 0.462 e. The Labute approximate surface area is 235 Å². The van der Waals surface area contributed by atoms with E-state index in [1.807, 2.05) is 0 Å². The molecule has 6 heteroatoms.